The van der Waals surface area contributed by atoms with E-state index in [9.17, 15) is 13.6 Å². The first-order valence-corrected chi connectivity index (χ1v) is 12.2. The summed E-state index contributed by atoms with van der Waals surface area (Å²) in [5, 5.41) is 0. The van der Waals surface area contributed by atoms with Crippen LogP contribution < -0.4 is 4.74 Å². The van der Waals surface area contributed by atoms with Crippen LogP contribution in [0.1, 0.15) is 66.3 Å². The van der Waals surface area contributed by atoms with Crippen molar-refractivity contribution in [3.63, 3.8) is 0 Å². The summed E-state index contributed by atoms with van der Waals surface area (Å²) in [6.45, 7) is 3.32. The third-order valence-electron chi connectivity index (χ3n) is 6.72. The molecule has 0 radical (unpaired) electrons. The van der Waals surface area contributed by atoms with Crippen LogP contribution in [-0.2, 0) is 9.47 Å². The van der Waals surface area contributed by atoms with Gasteiger partial charge in [0.15, 0.2) is 0 Å². The predicted molar refractivity (Wildman–Crippen MR) is 128 cm³/mol. The second kappa shape index (κ2) is 10.3. The minimum atomic E-state index is -0.624. The molecule has 2 aliphatic heterocycles. The molecule has 0 spiro atoms. The topological polar surface area (TPSA) is 48.1 Å². The van der Waals surface area contributed by atoms with Crippen molar-refractivity contribution in [2.45, 2.75) is 44.8 Å². The Morgan fingerprint density at radius 2 is 1.54 bits per heavy atom. The lowest BCUT2D eigenvalue weighted by Gasteiger charge is -2.29. The molecule has 2 fully saturated rings. The minimum Gasteiger partial charge on any atom is -0.423 e. The molecule has 3 unspecified atom stereocenters. The highest BCUT2D eigenvalue weighted by atomic mass is 19.1. The summed E-state index contributed by atoms with van der Waals surface area (Å²) < 4.78 is 45.2. The van der Waals surface area contributed by atoms with Gasteiger partial charge >= 0.3 is 5.97 Å². The van der Waals surface area contributed by atoms with Crippen molar-refractivity contribution in [2.75, 3.05) is 13.2 Å². The Morgan fingerprint density at radius 3 is 2.11 bits per heavy atom. The molecular formula is C29H28F2O4. The third kappa shape index (κ3) is 5.44. The Morgan fingerprint density at radius 1 is 0.886 bits per heavy atom. The molecule has 2 aliphatic rings. The molecule has 35 heavy (non-hydrogen) atoms. The molecular weight excluding hydrogens is 450 g/mol. The van der Waals surface area contributed by atoms with E-state index in [0.717, 1.165) is 25.0 Å². The van der Waals surface area contributed by atoms with Gasteiger partial charge in [0.05, 0.1) is 30.4 Å². The van der Waals surface area contributed by atoms with Crippen LogP contribution in [0.4, 0.5) is 8.78 Å². The Hall–Kier alpha value is -3.09. The van der Waals surface area contributed by atoms with E-state index < -0.39 is 23.7 Å². The third-order valence-corrected chi connectivity index (χ3v) is 6.72. The Kier molecular flexibility index (Phi) is 6.93. The molecule has 3 aromatic rings. The van der Waals surface area contributed by atoms with Crippen LogP contribution in [0.5, 0.6) is 5.75 Å². The van der Waals surface area contributed by atoms with Crippen LogP contribution in [0.15, 0.2) is 60.7 Å². The smallest absolute Gasteiger partial charge is 0.343 e. The second-order valence-corrected chi connectivity index (χ2v) is 9.27. The van der Waals surface area contributed by atoms with Gasteiger partial charge in [0.1, 0.15) is 23.5 Å². The van der Waals surface area contributed by atoms with Crippen molar-refractivity contribution >= 4 is 5.97 Å². The molecule has 0 aliphatic carbocycles. The number of halogens is 2. The van der Waals surface area contributed by atoms with Crippen molar-refractivity contribution in [3.8, 4) is 16.9 Å². The quantitative estimate of drug-likeness (QED) is 0.205. The van der Waals surface area contributed by atoms with E-state index in [4.69, 9.17) is 14.2 Å². The fourth-order valence-electron chi connectivity index (χ4n) is 4.69. The van der Waals surface area contributed by atoms with E-state index in [-0.39, 0.29) is 11.7 Å². The number of esters is 1. The first-order valence-electron chi connectivity index (χ1n) is 12.2. The average Bonchev–Trinajstić information content (AvgIpc) is 3.70. The lowest BCUT2D eigenvalue weighted by atomic mass is 9.91. The summed E-state index contributed by atoms with van der Waals surface area (Å²) in [6.07, 6.45) is 4.12. The summed E-state index contributed by atoms with van der Waals surface area (Å²) in [4.78, 5) is 12.6. The van der Waals surface area contributed by atoms with Gasteiger partial charge in [-0.15, -0.1) is 0 Å². The molecule has 0 amide bonds. The van der Waals surface area contributed by atoms with Gasteiger partial charge in [0.25, 0.3) is 0 Å². The lowest BCUT2D eigenvalue weighted by Crippen LogP contribution is -2.20. The summed E-state index contributed by atoms with van der Waals surface area (Å²) >= 11 is 0. The van der Waals surface area contributed by atoms with Crippen molar-refractivity contribution in [3.05, 3.63) is 89.0 Å². The van der Waals surface area contributed by atoms with E-state index in [1.54, 1.807) is 36.4 Å². The van der Waals surface area contributed by atoms with Crippen LogP contribution >= 0.6 is 0 Å². The molecule has 0 aromatic heterocycles. The highest BCUT2D eigenvalue weighted by Crippen LogP contribution is 2.36. The van der Waals surface area contributed by atoms with Crippen molar-refractivity contribution in [1.82, 2.24) is 0 Å². The van der Waals surface area contributed by atoms with Gasteiger partial charge in [0.2, 0.25) is 0 Å². The SMILES string of the molecule is CCCC1CCC(c2ccc(C(=O)Oc3ccc(-c4cc(F)c(C5CO5)c(F)c4)cc3)cc2)OC1. The van der Waals surface area contributed by atoms with Crippen LogP contribution in [0.2, 0.25) is 0 Å². The number of ether oxygens (including phenoxy) is 3. The number of hydrogen-bond donors (Lipinski definition) is 0. The van der Waals surface area contributed by atoms with Crippen LogP contribution in [0.3, 0.4) is 0 Å². The van der Waals surface area contributed by atoms with Gasteiger partial charge in [0, 0.05) is 0 Å². The molecule has 2 saturated heterocycles. The number of carbonyl (C=O) groups excluding carboxylic acids is 1. The second-order valence-electron chi connectivity index (χ2n) is 9.27. The Bertz CT molecular complexity index is 1160. The van der Waals surface area contributed by atoms with Gasteiger partial charge in [-0.1, -0.05) is 37.6 Å². The normalized spacial score (nSPS) is 21.5. The fourth-order valence-corrected chi connectivity index (χ4v) is 4.69. The Labute approximate surface area is 203 Å². The van der Waals surface area contributed by atoms with Crippen molar-refractivity contribution < 1.29 is 27.8 Å². The van der Waals surface area contributed by atoms with Gasteiger partial charge in [-0.3, -0.25) is 0 Å². The maximum Gasteiger partial charge on any atom is 0.343 e. The number of hydrogen-bond acceptors (Lipinski definition) is 4. The van der Waals surface area contributed by atoms with Gasteiger partial charge in [-0.25, -0.2) is 13.6 Å². The van der Waals surface area contributed by atoms with E-state index in [1.807, 2.05) is 12.1 Å². The van der Waals surface area contributed by atoms with Gasteiger partial charge in [-0.05, 0) is 78.3 Å². The summed E-state index contributed by atoms with van der Waals surface area (Å²) in [5.41, 5.74) is 2.51. The predicted octanol–water partition coefficient (Wildman–Crippen LogP) is 7.19. The standard InChI is InChI=1S/C29H28F2O4/c1-2-3-18-4-13-26(33-16-18)20-5-7-21(8-6-20)29(32)35-23-11-9-19(10-12-23)22-14-24(30)28(25(31)15-22)27-17-34-27/h5-12,14-15,18,26-27H,2-4,13,16-17H2,1H3. The average molecular weight is 479 g/mol. The fraction of sp³-hybridized carbons (Fsp3) is 0.345. The van der Waals surface area contributed by atoms with E-state index in [0.29, 0.717) is 35.0 Å². The molecule has 5 rings (SSSR count). The number of rotatable bonds is 7. The molecule has 6 heteroatoms. The molecule has 3 atom stereocenters. The zero-order valence-corrected chi connectivity index (χ0v) is 19.6. The lowest BCUT2D eigenvalue weighted by molar-refractivity contribution is -0.0194. The van der Waals surface area contributed by atoms with Crippen LogP contribution in [-0.4, -0.2) is 19.2 Å². The van der Waals surface area contributed by atoms with Gasteiger partial charge in [-0.2, -0.15) is 0 Å². The highest BCUT2D eigenvalue weighted by molar-refractivity contribution is 5.91. The molecule has 0 bridgehead atoms. The summed E-state index contributed by atoms with van der Waals surface area (Å²) in [6, 6.07) is 16.5. The minimum absolute atomic E-state index is 0.0268. The molecule has 3 aromatic carbocycles. The van der Waals surface area contributed by atoms with Gasteiger partial charge < -0.3 is 14.2 Å². The zero-order valence-electron chi connectivity index (χ0n) is 19.6. The Balaban J connectivity index is 1.20. The maximum absolute atomic E-state index is 14.3. The number of carbonyl (C=O) groups is 1. The molecule has 2 heterocycles. The number of benzene rings is 3. The van der Waals surface area contributed by atoms with E-state index in [2.05, 4.69) is 6.92 Å². The highest BCUT2D eigenvalue weighted by Gasteiger charge is 2.31. The molecule has 0 N–H and O–H groups in total. The first-order chi connectivity index (χ1) is 17.0. The van der Waals surface area contributed by atoms with Crippen LogP contribution in [0, 0.1) is 17.6 Å². The van der Waals surface area contributed by atoms with E-state index in [1.165, 1.54) is 25.0 Å². The summed E-state index contributed by atoms with van der Waals surface area (Å²) in [7, 11) is 0. The largest absolute Gasteiger partial charge is 0.423 e. The summed E-state index contributed by atoms with van der Waals surface area (Å²) in [5.74, 6) is -0.722. The maximum atomic E-state index is 14.3. The molecule has 4 nitrogen and oxygen atoms in total. The van der Waals surface area contributed by atoms with Crippen molar-refractivity contribution in [1.29, 1.82) is 0 Å². The first kappa shape index (κ1) is 23.6. The monoisotopic (exact) mass is 478 g/mol. The molecule has 182 valence electrons. The van der Waals surface area contributed by atoms with E-state index >= 15 is 0 Å². The van der Waals surface area contributed by atoms with Crippen molar-refractivity contribution in [2.24, 2.45) is 5.92 Å². The van der Waals surface area contributed by atoms with Crippen LogP contribution in [0.25, 0.3) is 11.1 Å². The zero-order chi connectivity index (χ0) is 24.4. The number of epoxide rings is 1. The molecule has 0 saturated carbocycles.